The Bertz CT molecular complexity index is 1390. The van der Waals surface area contributed by atoms with Gasteiger partial charge in [-0.3, -0.25) is 14.4 Å². The van der Waals surface area contributed by atoms with Crippen molar-refractivity contribution in [3.8, 4) is 5.69 Å². The smallest absolute Gasteiger partial charge is 0.435 e. The number of nitrogens with zero attached hydrogens (tertiary/aromatic N) is 3. The summed E-state index contributed by atoms with van der Waals surface area (Å²) < 4.78 is 42.0. The molecule has 2 heterocycles. The third kappa shape index (κ3) is 6.44. The van der Waals surface area contributed by atoms with Crippen molar-refractivity contribution >= 4 is 23.5 Å². The summed E-state index contributed by atoms with van der Waals surface area (Å²) in [5.74, 6) is -1.82. The second kappa shape index (κ2) is 11.8. The number of aliphatic carboxylic acids is 1. The summed E-state index contributed by atoms with van der Waals surface area (Å²) in [4.78, 5) is 38.9. The number of amides is 2. The number of hydrogen-bond donors (Lipinski definition) is 2. The van der Waals surface area contributed by atoms with Crippen molar-refractivity contribution in [1.82, 2.24) is 14.7 Å². The van der Waals surface area contributed by atoms with Gasteiger partial charge in [0.1, 0.15) is 0 Å². The van der Waals surface area contributed by atoms with Crippen LogP contribution in [0.5, 0.6) is 0 Å². The van der Waals surface area contributed by atoms with Gasteiger partial charge >= 0.3 is 12.1 Å². The molecule has 0 unspecified atom stereocenters. The van der Waals surface area contributed by atoms with E-state index in [2.05, 4.69) is 10.4 Å². The largest absolute Gasteiger partial charge is 0.481 e. The van der Waals surface area contributed by atoms with E-state index in [9.17, 15) is 32.7 Å². The summed E-state index contributed by atoms with van der Waals surface area (Å²) in [5, 5.41) is 15.4. The maximum atomic E-state index is 13.7. The molecule has 5 rings (SSSR count). The summed E-state index contributed by atoms with van der Waals surface area (Å²) in [6.45, 7) is 1.24. The highest BCUT2D eigenvalue weighted by molar-refractivity contribution is 6.05. The van der Waals surface area contributed by atoms with E-state index >= 15 is 0 Å². The molecule has 0 atom stereocenters. The van der Waals surface area contributed by atoms with E-state index in [0.29, 0.717) is 50.1 Å². The number of carboxylic acids is 1. The number of carboxylic acid groups (broad SMARTS) is 1. The molecule has 2 aromatic carbocycles. The van der Waals surface area contributed by atoms with Gasteiger partial charge in [0.15, 0.2) is 5.69 Å². The van der Waals surface area contributed by atoms with Crippen LogP contribution in [0.25, 0.3) is 5.69 Å². The maximum Gasteiger partial charge on any atom is 0.435 e. The van der Waals surface area contributed by atoms with Crippen LogP contribution in [-0.2, 0) is 15.8 Å². The molecule has 2 amide bonds. The summed E-state index contributed by atoms with van der Waals surface area (Å²) in [5.41, 5.74) is -0.0285. The van der Waals surface area contributed by atoms with Gasteiger partial charge in [0.05, 0.1) is 17.2 Å². The normalized spacial score (nSPS) is 20.0. The fourth-order valence-electron chi connectivity index (χ4n) is 5.78. The van der Waals surface area contributed by atoms with Crippen LogP contribution in [0.2, 0.25) is 0 Å². The number of piperidine rings is 1. The Kier molecular flexibility index (Phi) is 8.14. The predicted molar refractivity (Wildman–Crippen MR) is 145 cm³/mol. The second-order valence-electron chi connectivity index (χ2n) is 10.7. The molecule has 2 fully saturated rings. The molecule has 3 aromatic rings. The molecule has 8 nitrogen and oxygen atoms in total. The lowest BCUT2D eigenvalue weighted by atomic mass is 9.81. The van der Waals surface area contributed by atoms with Crippen LogP contribution in [0.15, 0.2) is 60.8 Å². The lowest BCUT2D eigenvalue weighted by molar-refractivity contribution is -0.146. The molecule has 41 heavy (non-hydrogen) atoms. The van der Waals surface area contributed by atoms with E-state index in [1.54, 1.807) is 42.5 Å². The number of nitrogens with one attached hydrogen (secondary N) is 1. The number of halogens is 3. The molecule has 11 heteroatoms. The van der Waals surface area contributed by atoms with Crippen molar-refractivity contribution in [2.45, 2.75) is 50.6 Å². The topological polar surface area (TPSA) is 105 Å². The van der Waals surface area contributed by atoms with Gasteiger partial charge in [0.25, 0.3) is 5.91 Å². The quantitative estimate of drug-likeness (QED) is 0.395. The van der Waals surface area contributed by atoms with E-state index in [1.807, 2.05) is 17.0 Å². The highest BCUT2D eigenvalue weighted by Crippen LogP contribution is 2.34. The van der Waals surface area contributed by atoms with Crippen LogP contribution >= 0.6 is 0 Å². The Morgan fingerprint density at radius 1 is 0.854 bits per heavy atom. The van der Waals surface area contributed by atoms with Crippen LogP contribution in [0, 0.1) is 11.8 Å². The average Bonchev–Trinajstić information content (AvgIpc) is 3.45. The number of anilines is 1. The van der Waals surface area contributed by atoms with Crippen molar-refractivity contribution < 1.29 is 32.7 Å². The maximum absolute atomic E-state index is 13.7. The van der Waals surface area contributed by atoms with E-state index in [4.69, 9.17) is 0 Å². The van der Waals surface area contributed by atoms with Gasteiger partial charge < -0.3 is 15.3 Å². The van der Waals surface area contributed by atoms with E-state index in [1.165, 1.54) is 0 Å². The molecule has 1 saturated carbocycles. The third-order valence-corrected chi connectivity index (χ3v) is 8.12. The highest BCUT2D eigenvalue weighted by Gasteiger charge is 2.39. The van der Waals surface area contributed by atoms with Gasteiger partial charge in [0.2, 0.25) is 5.91 Å². The molecule has 1 saturated heterocycles. The monoisotopic (exact) mass is 568 g/mol. The third-order valence-electron chi connectivity index (χ3n) is 8.12. The van der Waals surface area contributed by atoms with E-state index in [0.717, 1.165) is 29.3 Å². The molecule has 0 radical (unpaired) electrons. The van der Waals surface area contributed by atoms with Gasteiger partial charge in [-0.25, -0.2) is 4.68 Å². The lowest BCUT2D eigenvalue weighted by Gasteiger charge is -2.36. The van der Waals surface area contributed by atoms with Crippen LogP contribution in [0.1, 0.15) is 66.1 Å². The SMILES string of the molecule is O=C(Nc1ccc(C2CCN(C(=O)[C@H]3CC[C@H](C(=O)O)CC3)CC2)cc1)c1cn(-c2ccccc2)nc1C(F)(F)F. The standard InChI is InChI=1S/C30H31F3N4O4/c31-30(32,33)26-25(18-37(35-26)24-4-2-1-3-5-24)27(38)34-23-12-10-19(11-13-23)20-14-16-36(17-15-20)28(39)21-6-8-22(9-7-21)29(40)41/h1-5,10-13,18,20-22H,6-9,14-17H2,(H,34,38)(H,40,41)/t21-,22-. The van der Waals surface area contributed by atoms with Crippen molar-refractivity contribution in [3.05, 3.63) is 77.6 Å². The van der Waals surface area contributed by atoms with Gasteiger partial charge in [-0.15, -0.1) is 0 Å². The predicted octanol–water partition coefficient (Wildman–Crippen LogP) is 5.74. The Morgan fingerprint density at radius 3 is 2.05 bits per heavy atom. The fraction of sp³-hybridized carbons (Fsp3) is 0.400. The number of para-hydroxylation sites is 1. The molecule has 1 aromatic heterocycles. The summed E-state index contributed by atoms with van der Waals surface area (Å²) in [7, 11) is 0. The molecule has 1 aliphatic carbocycles. The molecular weight excluding hydrogens is 537 g/mol. The zero-order valence-corrected chi connectivity index (χ0v) is 22.3. The molecule has 216 valence electrons. The van der Waals surface area contributed by atoms with Gasteiger partial charge in [-0.2, -0.15) is 18.3 Å². The summed E-state index contributed by atoms with van der Waals surface area (Å²) in [6.07, 6.45) is 0.126. The zero-order chi connectivity index (χ0) is 29.1. The van der Waals surface area contributed by atoms with Crippen LogP contribution < -0.4 is 5.32 Å². The number of likely N-dealkylation sites (tertiary alicyclic amines) is 1. The first-order valence-corrected chi connectivity index (χ1v) is 13.8. The number of benzene rings is 2. The molecule has 0 spiro atoms. The van der Waals surface area contributed by atoms with Gasteiger partial charge in [-0.05, 0) is 74.3 Å². The first kappa shape index (κ1) is 28.4. The molecule has 2 aliphatic rings. The first-order valence-electron chi connectivity index (χ1n) is 13.8. The van der Waals surface area contributed by atoms with E-state index < -0.39 is 29.3 Å². The number of rotatable bonds is 6. The zero-order valence-electron chi connectivity index (χ0n) is 22.3. The number of carbonyl (C=O) groups is 3. The number of alkyl halides is 3. The Morgan fingerprint density at radius 2 is 1.46 bits per heavy atom. The average molecular weight is 569 g/mol. The fourth-order valence-corrected chi connectivity index (χ4v) is 5.78. The Labute approximate surface area is 235 Å². The Balaban J connectivity index is 1.18. The minimum absolute atomic E-state index is 0.109. The molecule has 0 bridgehead atoms. The van der Waals surface area contributed by atoms with Gasteiger partial charge in [-0.1, -0.05) is 30.3 Å². The number of hydrogen-bond acceptors (Lipinski definition) is 4. The number of carbonyl (C=O) groups excluding carboxylic acids is 2. The van der Waals surface area contributed by atoms with Crippen molar-refractivity contribution in [1.29, 1.82) is 0 Å². The van der Waals surface area contributed by atoms with Crippen molar-refractivity contribution in [3.63, 3.8) is 0 Å². The molecule has 2 N–H and O–H groups in total. The van der Waals surface area contributed by atoms with Crippen LogP contribution in [-0.4, -0.2) is 50.7 Å². The van der Waals surface area contributed by atoms with Crippen LogP contribution in [0.4, 0.5) is 18.9 Å². The summed E-state index contributed by atoms with van der Waals surface area (Å²) in [6, 6.07) is 15.3. The Hall–Kier alpha value is -4.15. The second-order valence-corrected chi connectivity index (χ2v) is 10.7. The molecular formula is C30H31F3N4O4. The number of aromatic nitrogens is 2. The molecule has 1 aliphatic heterocycles. The van der Waals surface area contributed by atoms with Crippen molar-refractivity contribution in [2.24, 2.45) is 11.8 Å². The first-order chi connectivity index (χ1) is 19.6. The van der Waals surface area contributed by atoms with Crippen molar-refractivity contribution in [2.75, 3.05) is 18.4 Å². The highest BCUT2D eigenvalue weighted by atomic mass is 19.4. The minimum atomic E-state index is -4.80. The minimum Gasteiger partial charge on any atom is -0.481 e. The van der Waals surface area contributed by atoms with Crippen LogP contribution in [0.3, 0.4) is 0 Å². The van der Waals surface area contributed by atoms with Gasteiger partial charge in [0, 0.05) is 30.9 Å². The van der Waals surface area contributed by atoms with E-state index in [-0.39, 0.29) is 23.7 Å². The summed E-state index contributed by atoms with van der Waals surface area (Å²) >= 11 is 0. The lowest BCUT2D eigenvalue weighted by Crippen LogP contribution is -2.42.